The number of nitrogens with zero attached hydrogens (tertiary/aromatic N) is 1. The second kappa shape index (κ2) is 15.5. The fourth-order valence-electron chi connectivity index (χ4n) is 3.03. The predicted octanol–water partition coefficient (Wildman–Crippen LogP) is 5.77. The molecule has 0 fully saturated rings. The molecule has 1 heterocycles. The third kappa shape index (κ3) is 13.2. The summed E-state index contributed by atoms with van der Waals surface area (Å²) in [5.74, 6) is 1.19. The number of pyridine rings is 1. The molecule has 32 heavy (non-hydrogen) atoms. The third-order valence-corrected chi connectivity index (χ3v) is 5.90. The van der Waals surface area contributed by atoms with E-state index in [9.17, 15) is 9.59 Å². The number of nitrogens with one attached hydrogen (secondary N) is 1. The lowest BCUT2D eigenvalue weighted by Gasteiger charge is -2.17. The van der Waals surface area contributed by atoms with Gasteiger partial charge in [-0.1, -0.05) is 34.9 Å². The topological polar surface area (TPSA) is 85.1 Å². The number of carbonyl (C=O) groups excluding carboxylic acids is 2. The summed E-state index contributed by atoms with van der Waals surface area (Å²) in [5, 5.41) is 3.16. The second-order valence-corrected chi connectivity index (χ2v) is 9.60. The highest BCUT2D eigenvalue weighted by molar-refractivity contribution is 7.99. The van der Waals surface area contributed by atoms with Crippen molar-refractivity contribution < 1.29 is 9.59 Å². The molecule has 0 spiro atoms. The number of rotatable bonds is 15. The predicted molar refractivity (Wildman–Crippen MR) is 138 cm³/mol. The molecule has 1 aromatic heterocycles. The molecule has 3 N–H and O–H groups in total. The van der Waals surface area contributed by atoms with Gasteiger partial charge in [-0.15, -0.1) is 0 Å². The van der Waals surface area contributed by atoms with Crippen LogP contribution in [0.5, 0.6) is 0 Å². The first-order valence-corrected chi connectivity index (χ1v) is 12.4. The Morgan fingerprint density at radius 2 is 1.75 bits per heavy atom. The van der Waals surface area contributed by atoms with Crippen molar-refractivity contribution in [1.29, 1.82) is 0 Å². The minimum atomic E-state index is -0.607. The van der Waals surface area contributed by atoms with Crippen LogP contribution in [0, 0.1) is 6.92 Å². The molecule has 0 aliphatic heterocycles. The van der Waals surface area contributed by atoms with Crippen LogP contribution in [0.15, 0.2) is 53.3 Å². The lowest BCUT2D eigenvalue weighted by atomic mass is 10.1. The molecule has 1 aromatic rings. The number of primary amides is 1. The molecule has 1 amide bonds. The largest absolute Gasteiger partial charge is 0.369 e. The molecule has 6 heteroatoms. The van der Waals surface area contributed by atoms with Gasteiger partial charge in [0, 0.05) is 17.7 Å². The first-order valence-electron chi connectivity index (χ1n) is 11.2. The van der Waals surface area contributed by atoms with Crippen molar-refractivity contribution in [2.75, 3.05) is 16.8 Å². The highest BCUT2D eigenvalue weighted by atomic mass is 32.2. The van der Waals surface area contributed by atoms with Crippen LogP contribution in [0.25, 0.3) is 0 Å². The molecule has 1 rings (SSSR count). The molecule has 0 aliphatic rings. The zero-order chi connectivity index (χ0) is 23.9. The number of ketones is 1. The van der Waals surface area contributed by atoms with Crippen molar-refractivity contribution in [1.82, 2.24) is 4.98 Å². The van der Waals surface area contributed by atoms with Gasteiger partial charge in [-0.25, -0.2) is 4.98 Å². The molecule has 0 radical (unpaired) electrons. The quantitative estimate of drug-likeness (QED) is 0.198. The molecule has 0 saturated heterocycles. The van der Waals surface area contributed by atoms with Gasteiger partial charge in [0.05, 0.1) is 12.5 Å². The maximum absolute atomic E-state index is 12.5. The number of hydrogen-bond acceptors (Lipinski definition) is 5. The van der Waals surface area contributed by atoms with Gasteiger partial charge < -0.3 is 11.1 Å². The molecule has 0 aliphatic carbocycles. The monoisotopic (exact) mass is 457 g/mol. The Morgan fingerprint density at radius 3 is 2.38 bits per heavy atom. The van der Waals surface area contributed by atoms with Gasteiger partial charge in [-0.3, -0.25) is 9.59 Å². The SMILES string of the molecule is CC(C)=CCCC(C)=CCCC(C)=CCSCC(Nc1cc(C)ccn1)C(=O)CC(N)=O. The minimum Gasteiger partial charge on any atom is -0.369 e. The van der Waals surface area contributed by atoms with Crippen molar-refractivity contribution in [3.63, 3.8) is 0 Å². The summed E-state index contributed by atoms with van der Waals surface area (Å²) in [6, 6.07) is 3.28. The summed E-state index contributed by atoms with van der Waals surface area (Å²) >= 11 is 1.66. The normalized spacial score (nSPS) is 12.9. The lowest BCUT2D eigenvalue weighted by Crippen LogP contribution is -2.35. The number of hydrogen-bond donors (Lipinski definition) is 2. The Morgan fingerprint density at radius 1 is 1.09 bits per heavy atom. The van der Waals surface area contributed by atoms with Crippen molar-refractivity contribution in [3.8, 4) is 0 Å². The van der Waals surface area contributed by atoms with E-state index in [-0.39, 0.29) is 12.2 Å². The van der Waals surface area contributed by atoms with Gasteiger partial charge in [-0.2, -0.15) is 11.8 Å². The van der Waals surface area contributed by atoms with E-state index >= 15 is 0 Å². The highest BCUT2D eigenvalue weighted by Crippen LogP contribution is 2.15. The van der Waals surface area contributed by atoms with Gasteiger partial charge >= 0.3 is 0 Å². The Kier molecular flexibility index (Phi) is 13.4. The Balaban J connectivity index is 2.50. The van der Waals surface area contributed by atoms with Crippen molar-refractivity contribution in [3.05, 3.63) is 58.8 Å². The number of aromatic nitrogens is 1. The average Bonchev–Trinajstić information content (AvgIpc) is 2.69. The number of aryl methyl sites for hydroxylation is 1. The van der Waals surface area contributed by atoms with Crippen molar-refractivity contribution >= 4 is 29.3 Å². The smallest absolute Gasteiger partial charge is 0.224 e. The molecule has 0 aromatic carbocycles. The van der Waals surface area contributed by atoms with Crippen LogP contribution in [0.3, 0.4) is 0 Å². The summed E-state index contributed by atoms with van der Waals surface area (Å²) in [7, 11) is 0. The number of anilines is 1. The molecule has 1 atom stereocenters. The first-order chi connectivity index (χ1) is 15.2. The molecule has 0 bridgehead atoms. The number of Topliss-reactive ketones (excluding diaryl/α,β-unsaturated/α-hetero) is 1. The first kappa shape index (κ1) is 27.7. The molecule has 1 unspecified atom stereocenters. The fourth-order valence-corrected chi connectivity index (χ4v) is 4.07. The average molecular weight is 458 g/mol. The minimum absolute atomic E-state index is 0.206. The summed E-state index contributed by atoms with van der Waals surface area (Å²) < 4.78 is 0. The standard InChI is InChI=1S/C26H39N3O2S/c1-19(2)8-6-9-20(3)10-7-11-21(4)13-15-32-18-23(24(30)17-25(27)31)29-26-16-22(5)12-14-28-26/h8,10,12-14,16,23H,6-7,9,11,15,17-18H2,1-5H3,(H2,27,31)(H,28,29). The lowest BCUT2D eigenvalue weighted by molar-refractivity contribution is -0.126. The highest BCUT2D eigenvalue weighted by Gasteiger charge is 2.20. The second-order valence-electron chi connectivity index (χ2n) is 8.52. The number of nitrogens with two attached hydrogens (primary N) is 1. The Labute approximate surface area is 198 Å². The fraction of sp³-hybridized carbons (Fsp3) is 0.500. The van der Waals surface area contributed by atoms with Crippen molar-refractivity contribution in [2.24, 2.45) is 5.73 Å². The number of amides is 1. The summed E-state index contributed by atoms with van der Waals surface area (Å²) in [5.41, 5.74) is 10.4. The van der Waals surface area contributed by atoms with Gasteiger partial charge in [0.2, 0.25) is 5.91 Å². The molecule has 0 saturated carbocycles. The summed E-state index contributed by atoms with van der Waals surface area (Å²) in [4.78, 5) is 27.9. The molecule has 5 nitrogen and oxygen atoms in total. The van der Waals surface area contributed by atoms with E-state index in [1.165, 1.54) is 16.7 Å². The maximum Gasteiger partial charge on any atom is 0.224 e. The van der Waals surface area contributed by atoms with Crippen LogP contribution in [-0.4, -0.2) is 34.2 Å². The van der Waals surface area contributed by atoms with E-state index in [4.69, 9.17) is 5.73 Å². The Bertz CT molecular complexity index is 839. The third-order valence-electron chi connectivity index (χ3n) is 4.93. The van der Waals surface area contributed by atoms with Gasteiger partial charge in [0.1, 0.15) is 5.82 Å². The van der Waals surface area contributed by atoms with Gasteiger partial charge in [-0.05, 0) is 78.0 Å². The van der Waals surface area contributed by atoms with Crippen LogP contribution in [-0.2, 0) is 9.59 Å². The van der Waals surface area contributed by atoms with Gasteiger partial charge in [0.25, 0.3) is 0 Å². The zero-order valence-electron chi connectivity index (χ0n) is 20.2. The van der Waals surface area contributed by atoms with Crippen LogP contribution >= 0.6 is 11.8 Å². The molecular weight excluding hydrogens is 418 g/mol. The van der Waals surface area contributed by atoms with Crippen molar-refractivity contribution in [2.45, 2.75) is 72.8 Å². The number of thioether (sulfide) groups is 1. The van der Waals surface area contributed by atoms with E-state index in [1.54, 1.807) is 18.0 Å². The van der Waals surface area contributed by atoms with E-state index in [2.05, 4.69) is 56.2 Å². The van der Waals surface area contributed by atoms with Crippen LogP contribution in [0.4, 0.5) is 5.82 Å². The van der Waals surface area contributed by atoms with E-state index in [0.717, 1.165) is 37.0 Å². The Hall–Kier alpha value is -2.34. The summed E-state index contributed by atoms with van der Waals surface area (Å²) in [6.45, 7) is 10.6. The maximum atomic E-state index is 12.5. The van der Waals surface area contributed by atoms with E-state index in [1.807, 2.05) is 19.1 Å². The zero-order valence-corrected chi connectivity index (χ0v) is 21.1. The number of allylic oxidation sites excluding steroid dienone is 5. The van der Waals surface area contributed by atoms with Crippen LogP contribution < -0.4 is 11.1 Å². The van der Waals surface area contributed by atoms with Crippen LogP contribution in [0.2, 0.25) is 0 Å². The molecule has 176 valence electrons. The molecular formula is C26H39N3O2S. The van der Waals surface area contributed by atoms with Crippen LogP contribution in [0.1, 0.15) is 65.4 Å². The van der Waals surface area contributed by atoms with E-state index in [0.29, 0.717) is 11.6 Å². The van der Waals surface area contributed by atoms with E-state index < -0.39 is 11.9 Å². The van der Waals surface area contributed by atoms with Gasteiger partial charge in [0.15, 0.2) is 5.78 Å². The number of carbonyl (C=O) groups is 2. The summed E-state index contributed by atoms with van der Waals surface area (Å²) in [6.07, 6.45) is 12.6.